The highest BCUT2D eigenvalue weighted by Crippen LogP contribution is 2.37. The molecule has 0 bridgehead atoms. The van der Waals surface area contributed by atoms with Gasteiger partial charge in [0.15, 0.2) is 0 Å². The van der Waals surface area contributed by atoms with E-state index in [4.69, 9.17) is 14.7 Å². The summed E-state index contributed by atoms with van der Waals surface area (Å²) in [5, 5.41) is 0.922. The molecule has 2 N–H and O–H groups in total. The Balaban J connectivity index is 1.79. The summed E-state index contributed by atoms with van der Waals surface area (Å²) < 4.78 is 20.4. The van der Waals surface area contributed by atoms with Crippen molar-refractivity contribution in [1.29, 1.82) is 0 Å². The van der Waals surface area contributed by atoms with Gasteiger partial charge in [-0.15, -0.1) is 0 Å². The number of hydrogen-bond donors (Lipinski definition) is 2. The van der Waals surface area contributed by atoms with E-state index in [9.17, 15) is 4.39 Å². The van der Waals surface area contributed by atoms with Gasteiger partial charge >= 0.3 is 0 Å². The Morgan fingerprint density at radius 1 is 1.27 bits per heavy atom. The highest BCUT2D eigenvalue weighted by atomic mass is 19.1. The van der Waals surface area contributed by atoms with E-state index in [0.717, 1.165) is 53.1 Å². The average Bonchev–Trinajstić information content (AvgIpc) is 3.29. The van der Waals surface area contributed by atoms with Crippen molar-refractivity contribution in [2.24, 2.45) is 0 Å². The minimum absolute atomic E-state index is 0.0598. The van der Waals surface area contributed by atoms with E-state index in [0.29, 0.717) is 18.8 Å². The second-order valence-corrected chi connectivity index (χ2v) is 7.95. The van der Waals surface area contributed by atoms with Gasteiger partial charge in [-0.1, -0.05) is 0 Å². The standard InChI is InChI=1S/C22H25FN6O/c1-13-11-25-20(17-5-7-26-28-17)21-19(13)16(15-4-3-6-24-22(15)23)10-18(27-21)29-8-9-30-12-14(29)2/h3-4,6,10-11,14,17,26,28H,5,7-9,12H2,1-2H3/t14-,17?/m1/s1. The molecule has 1 unspecified atom stereocenters. The van der Waals surface area contributed by atoms with Gasteiger partial charge in [-0.2, -0.15) is 4.39 Å². The Labute approximate surface area is 174 Å². The highest BCUT2D eigenvalue weighted by molar-refractivity contribution is 5.99. The first-order chi connectivity index (χ1) is 14.6. The van der Waals surface area contributed by atoms with Crippen LogP contribution in [0, 0.1) is 12.9 Å². The molecule has 5 rings (SSSR count). The highest BCUT2D eigenvalue weighted by Gasteiger charge is 2.27. The molecule has 0 aromatic carbocycles. The van der Waals surface area contributed by atoms with E-state index in [2.05, 4.69) is 27.7 Å². The number of anilines is 1. The van der Waals surface area contributed by atoms with Crippen LogP contribution >= 0.6 is 0 Å². The number of ether oxygens (including phenoxy) is 1. The molecule has 8 heteroatoms. The van der Waals surface area contributed by atoms with Crippen molar-refractivity contribution in [1.82, 2.24) is 25.8 Å². The molecule has 3 aromatic heterocycles. The third-order valence-corrected chi connectivity index (χ3v) is 5.92. The second kappa shape index (κ2) is 7.86. The molecule has 0 spiro atoms. The van der Waals surface area contributed by atoms with Gasteiger partial charge in [-0.05, 0) is 49.6 Å². The lowest BCUT2D eigenvalue weighted by Crippen LogP contribution is -2.44. The van der Waals surface area contributed by atoms with Crippen LogP contribution < -0.4 is 15.8 Å². The Hall–Kier alpha value is -2.68. The lowest BCUT2D eigenvalue weighted by Gasteiger charge is -2.35. The maximum absolute atomic E-state index is 14.8. The SMILES string of the molecule is Cc1cnc(C2CCNN2)c2nc(N3CCOC[C@H]3C)cc(-c3cccnc3F)c12. The number of aromatic nitrogens is 3. The molecule has 5 heterocycles. The molecule has 2 aliphatic heterocycles. The average molecular weight is 408 g/mol. The topological polar surface area (TPSA) is 75.2 Å². The zero-order valence-corrected chi connectivity index (χ0v) is 17.2. The van der Waals surface area contributed by atoms with Crippen molar-refractivity contribution in [2.75, 3.05) is 31.2 Å². The summed E-state index contributed by atoms with van der Waals surface area (Å²) >= 11 is 0. The second-order valence-electron chi connectivity index (χ2n) is 7.95. The molecule has 0 amide bonds. The number of halogens is 1. The number of fused-ring (bicyclic) bond motifs is 1. The van der Waals surface area contributed by atoms with Gasteiger partial charge in [-0.3, -0.25) is 10.4 Å². The molecule has 0 aliphatic carbocycles. The Kier molecular flexibility index (Phi) is 5.06. The summed E-state index contributed by atoms with van der Waals surface area (Å²) in [5.41, 5.74) is 10.4. The van der Waals surface area contributed by atoms with Gasteiger partial charge in [0.2, 0.25) is 5.95 Å². The van der Waals surface area contributed by atoms with Crippen molar-refractivity contribution >= 4 is 16.7 Å². The molecule has 7 nitrogen and oxygen atoms in total. The largest absolute Gasteiger partial charge is 0.377 e. The fourth-order valence-corrected chi connectivity index (χ4v) is 4.37. The van der Waals surface area contributed by atoms with E-state index in [1.54, 1.807) is 12.1 Å². The number of rotatable bonds is 3. The van der Waals surface area contributed by atoms with Crippen LogP contribution in [0.5, 0.6) is 0 Å². The summed E-state index contributed by atoms with van der Waals surface area (Å²) in [5.74, 6) is 0.334. The fourth-order valence-electron chi connectivity index (χ4n) is 4.37. The molecule has 3 aromatic rings. The van der Waals surface area contributed by atoms with E-state index in [1.165, 1.54) is 6.20 Å². The number of morpholine rings is 1. The first-order valence-electron chi connectivity index (χ1n) is 10.4. The molecular formula is C22H25FN6O. The Morgan fingerprint density at radius 3 is 2.93 bits per heavy atom. The molecule has 2 fully saturated rings. The van der Waals surface area contributed by atoms with Crippen LogP contribution in [0.15, 0.2) is 30.6 Å². The summed E-state index contributed by atoms with van der Waals surface area (Å²) in [4.78, 5) is 15.9. The van der Waals surface area contributed by atoms with E-state index in [1.807, 2.05) is 19.2 Å². The van der Waals surface area contributed by atoms with Crippen molar-refractivity contribution in [3.8, 4) is 11.1 Å². The van der Waals surface area contributed by atoms with Gasteiger partial charge in [-0.25, -0.2) is 15.4 Å². The van der Waals surface area contributed by atoms with Crippen molar-refractivity contribution in [3.05, 3.63) is 47.8 Å². The zero-order chi connectivity index (χ0) is 20.7. The minimum Gasteiger partial charge on any atom is -0.377 e. The van der Waals surface area contributed by atoms with Crippen LogP contribution in [0.3, 0.4) is 0 Å². The van der Waals surface area contributed by atoms with Crippen molar-refractivity contribution < 1.29 is 9.13 Å². The molecule has 2 saturated heterocycles. The molecule has 30 heavy (non-hydrogen) atoms. The Morgan fingerprint density at radius 2 is 2.17 bits per heavy atom. The summed E-state index contributed by atoms with van der Waals surface area (Å²) in [6.07, 6.45) is 4.25. The predicted octanol–water partition coefficient (Wildman–Crippen LogP) is 2.90. The smallest absolute Gasteiger partial charge is 0.220 e. The third-order valence-electron chi connectivity index (χ3n) is 5.92. The number of nitrogens with one attached hydrogen (secondary N) is 2. The van der Waals surface area contributed by atoms with Gasteiger partial charge in [0, 0.05) is 36.4 Å². The molecular weight excluding hydrogens is 383 g/mol. The van der Waals surface area contributed by atoms with Crippen LogP contribution in [0.1, 0.15) is 30.6 Å². The molecule has 0 radical (unpaired) electrons. The fraction of sp³-hybridized carbons (Fsp3) is 0.409. The van der Waals surface area contributed by atoms with Crippen LogP contribution in [0.25, 0.3) is 22.0 Å². The van der Waals surface area contributed by atoms with E-state index >= 15 is 0 Å². The van der Waals surface area contributed by atoms with Crippen LogP contribution in [0.4, 0.5) is 10.2 Å². The minimum atomic E-state index is -0.482. The quantitative estimate of drug-likeness (QED) is 0.646. The number of hydrogen-bond acceptors (Lipinski definition) is 7. The predicted molar refractivity (Wildman–Crippen MR) is 114 cm³/mol. The molecule has 0 saturated carbocycles. The zero-order valence-electron chi connectivity index (χ0n) is 17.2. The number of hydrazine groups is 1. The number of nitrogens with zero attached hydrogens (tertiary/aromatic N) is 4. The molecule has 2 aliphatic rings. The summed E-state index contributed by atoms with van der Waals surface area (Å²) in [7, 11) is 0. The normalized spacial score (nSPS) is 22.0. The summed E-state index contributed by atoms with van der Waals surface area (Å²) in [6, 6.07) is 5.77. The molecule has 156 valence electrons. The maximum Gasteiger partial charge on any atom is 0.220 e. The van der Waals surface area contributed by atoms with Gasteiger partial charge < -0.3 is 9.64 Å². The number of aryl methyl sites for hydroxylation is 1. The Bertz CT molecular complexity index is 1080. The third kappa shape index (κ3) is 3.30. The lowest BCUT2D eigenvalue weighted by molar-refractivity contribution is 0.0986. The van der Waals surface area contributed by atoms with Crippen LogP contribution in [-0.2, 0) is 4.74 Å². The van der Waals surface area contributed by atoms with Crippen molar-refractivity contribution in [3.63, 3.8) is 0 Å². The van der Waals surface area contributed by atoms with Crippen molar-refractivity contribution in [2.45, 2.75) is 32.4 Å². The lowest BCUT2D eigenvalue weighted by atomic mass is 9.96. The first kappa shape index (κ1) is 19.3. The van der Waals surface area contributed by atoms with Crippen LogP contribution in [-0.4, -0.2) is 47.3 Å². The maximum atomic E-state index is 14.8. The monoisotopic (exact) mass is 408 g/mol. The van der Waals surface area contributed by atoms with Gasteiger partial charge in [0.25, 0.3) is 0 Å². The summed E-state index contributed by atoms with van der Waals surface area (Å²) in [6.45, 7) is 7.01. The van der Waals surface area contributed by atoms with Crippen LogP contribution in [0.2, 0.25) is 0 Å². The van der Waals surface area contributed by atoms with Gasteiger partial charge in [0.1, 0.15) is 5.82 Å². The van der Waals surface area contributed by atoms with E-state index < -0.39 is 5.95 Å². The first-order valence-corrected chi connectivity index (χ1v) is 10.4. The molecule has 2 atom stereocenters. The van der Waals surface area contributed by atoms with Gasteiger partial charge in [0.05, 0.1) is 36.5 Å². The number of pyridine rings is 3. The van der Waals surface area contributed by atoms with E-state index in [-0.39, 0.29) is 12.1 Å².